The Kier molecular flexibility index (Phi) is 9.87. The quantitative estimate of drug-likeness (QED) is 0.440. The second-order valence-corrected chi connectivity index (χ2v) is 12.0. The van der Waals surface area contributed by atoms with E-state index in [0.717, 1.165) is 12.8 Å². The average molecular weight is 497 g/mol. The number of ether oxygens (including phenoxy) is 5. The summed E-state index contributed by atoms with van der Waals surface area (Å²) in [6.45, 7) is 23.6. The van der Waals surface area contributed by atoms with Gasteiger partial charge in [-0.3, -0.25) is 4.79 Å². The smallest absolute Gasteiger partial charge is 0.162 e. The molecule has 0 aromatic heterocycles. The molecule has 0 aromatic rings. The first-order chi connectivity index (χ1) is 16.4. The van der Waals surface area contributed by atoms with Crippen LogP contribution in [0.3, 0.4) is 0 Å². The zero-order valence-electron chi connectivity index (χ0n) is 24.0. The summed E-state index contributed by atoms with van der Waals surface area (Å²) in [5, 5.41) is 0. The minimum Gasteiger partial charge on any atom is -0.372 e. The molecule has 3 aliphatic rings. The fraction of sp³-hybridized carbons (Fsp3) is 0.966. The molecule has 0 N–H and O–H groups in total. The molecule has 0 amide bonds. The minimum absolute atomic E-state index is 0.0259. The average Bonchev–Trinajstić information content (AvgIpc) is 2.83. The first kappa shape index (κ1) is 29.0. The molecule has 0 aliphatic carbocycles. The van der Waals surface area contributed by atoms with E-state index in [0.29, 0.717) is 23.7 Å². The fourth-order valence-electron chi connectivity index (χ4n) is 6.35. The maximum atomic E-state index is 12.8. The van der Waals surface area contributed by atoms with Gasteiger partial charge >= 0.3 is 0 Å². The van der Waals surface area contributed by atoms with Gasteiger partial charge in [0.2, 0.25) is 0 Å². The van der Waals surface area contributed by atoms with Gasteiger partial charge in [0.05, 0.1) is 30.5 Å². The molecule has 35 heavy (non-hydrogen) atoms. The van der Waals surface area contributed by atoms with Crippen LogP contribution in [-0.4, -0.2) is 55.0 Å². The number of carbonyl (C=O) groups is 1. The van der Waals surface area contributed by atoms with Crippen molar-refractivity contribution in [3.05, 3.63) is 0 Å². The van der Waals surface area contributed by atoms with Crippen molar-refractivity contribution in [2.24, 2.45) is 41.4 Å². The van der Waals surface area contributed by atoms with Gasteiger partial charge < -0.3 is 23.7 Å². The Balaban J connectivity index is 1.77. The Bertz CT molecular complexity index is 695. The Hall–Kier alpha value is -0.530. The van der Waals surface area contributed by atoms with Gasteiger partial charge in [-0.25, -0.2) is 0 Å². The molecule has 0 spiro atoms. The predicted octanol–water partition coefficient (Wildman–Crippen LogP) is 5.86. The van der Waals surface area contributed by atoms with Crippen molar-refractivity contribution in [2.75, 3.05) is 0 Å². The molecule has 0 radical (unpaired) electrons. The number of hydrogen-bond donors (Lipinski definition) is 0. The van der Waals surface area contributed by atoms with E-state index in [2.05, 4.69) is 69.2 Å². The molecule has 0 aromatic carbocycles. The molecule has 3 fully saturated rings. The molecular formula is C29H52O6. The Morgan fingerprint density at radius 3 is 1.69 bits per heavy atom. The summed E-state index contributed by atoms with van der Waals surface area (Å²) in [5.41, 5.74) is 0. The van der Waals surface area contributed by atoms with Crippen molar-refractivity contribution in [3.8, 4) is 0 Å². The van der Waals surface area contributed by atoms with Gasteiger partial charge in [0.1, 0.15) is 6.10 Å². The van der Waals surface area contributed by atoms with Gasteiger partial charge in [-0.05, 0) is 56.3 Å². The van der Waals surface area contributed by atoms with Gasteiger partial charge in [-0.1, -0.05) is 62.3 Å². The highest BCUT2D eigenvalue weighted by Crippen LogP contribution is 2.42. The molecule has 6 heteroatoms. The molecule has 0 saturated carbocycles. The Morgan fingerprint density at radius 2 is 1.11 bits per heavy atom. The van der Waals surface area contributed by atoms with Crippen LogP contribution < -0.4 is 0 Å². The van der Waals surface area contributed by atoms with Crippen molar-refractivity contribution in [1.82, 2.24) is 0 Å². The van der Waals surface area contributed by atoms with Gasteiger partial charge in [-0.15, -0.1) is 0 Å². The molecule has 3 aliphatic heterocycles. The SMILES string of the molecule is CCC1O[C@H](O[C@@H]2C(C(C)=O)O[C@@H](O[C@H]3C(CC)OC(C)C(C)[C@H]3C)C(C)[C@@H]2C)C(C)[C@@H](C)[C@@H]1C. The van der Waals surface area contributed by atoms with Crippen LogP contribution in [0.1, 0.15) is 89.0 Å². The molecule has 3 saturated heterocycles. The molecular weight excluding hydrogens is 444 g/mol. The first-order valence-electron chi connectivity index (χ1n) is 14.2. The highest BCUT2D eigenvalue weighted by molar-refractivity contribution is 5.81. The van der Waals surface area contributed by atoms with E-state index in [-0.39, 0.29) is 60.3 Å². The van der Waals surface area contributed by atoms with Crippen molar-refractivity contribution < 1.29 is 28.5 Å². The van der Waals surface area contributed by atoms with Crippen molar-refractivity contribution >= 4 is 5.78 Å². The van der Waals surface area contributed by atoms with Crippen LogP contribution in [0.15, 0.2) is 0 Å². The number of carbonyl (C=O) groups excluding carboxylic acids is 1. The van der Waals surface area contributed by atoms with Crippen LogP contribution in [-0.2, 0) is 28.5 Å². The third kappa shape index (κ3) is 5.82. The number of ketones is 1. The largest absolute Gasteiger partial charge is 0.372 e. The topological polar surface area (TPSA) is 63.2 Å². The van der Waals surface area contributed by atoms with E-state index in [1.165, 1.54) is 0 Å². The van der Waals surface area contributed by atoms with E-state index >= 15 is 0 Å². The second-order valence-electron chi connectivity index (χ2n) is 12.0. The van der Waals surface area contributed by atoms with Crippen LogP contribution in [0.4, 0.5) is 0 Å². The molecule has 6 nitrogen and oxygen atoms in total. The van der Waals surface area contributed by atoms with Crippen LogP contribution >= 0.6 is 0 Å². The molecule has 7 unspecified atom stereocenters. The van der Waals surface area contributed by atoms with Crippen molar-refractivity contribution in [2.45, 2.75) is 138 Å². The molecule has 15 atom stereocenters. The van der Waals surface area contributed by atoms with Gasteiger partial charge in [0.15, 0.2) is 18.4 Å². The van der Waals surface area contributed by atoms with E-state index in [1.54, 1.807) is 6.92 Å². The van der Waals surface area contributed by atoms with Crippen LogP contribution in [0.5, 0.6) is 0 Å². The van der Waals surface area contributed by atoms with Crippen LogP contribution in [0, 0.1) is 41.4 Å². The summed E-state index contributed by atoms with van der Waals surface area (Å²) < 4.78 is 32.4. The highest BCUT2D eigenvalue weighted by atomic mass is 16.7. The van der Waals surface area contributed by atoms with E-state index in [9.17, 15) is 4.79 Å². The Morgan fingerprint density at radius 1 is 0.600 bits per heavy atom. The van der Waals surface area contributed by atoms with Crippen molar-refractivity contribution in [3.63, 3.8) is 0 Å². The summed E-state index contributed by atoms with van der Waals surface area (Å²) in [6.07, 6.45) is 0.314. The highest BCUT2D eigenvalue weighted by Gasteiger charge is 2.50. The van der Waals surface area contributed by atoms with Crippen LogP contribution in [0.2, 0.25) is 0 Å². The van der Waals surface area contributed by atoms with Gasteiger partial charge in [0.25, 0.3) is 0 Å². The van der Waals surface area contributed by atoms with E-state index < -0.39 is 12.4 Å². The lowest BCUT2D eigenvalue weighted by Gasteiger charge is -2.50. The molecule has 3 rings (SSSR count). The zero-order chi connectivity index (χ0) is 26.2. The monoisotopic (exact) mass is 496 g/mol. The van der Waals surface area contributed by atoms with Gasteiger partial charge in [0, 0.05) is 11.8 Å². The summed E-state index contributed by atoms with van der Waals surface area (Å²) >= 11 is 0. The number of rotatable bonds is 7. The Labute approximate surface area is 214 Å². The fourth-order valence-corrected chi connectivity index (χ4v) is 6.35. The summed E-state index contributed by atoms with van der Waals surface area (Å²) in [5.74, 6) is 2.03. The van der Waals surface area contributed by atoms with E-state index in [1.807, 2.05) is 0 Å². The molecule has 3 heterocycles. The lowest BCUT2D eigenvalue weighted by Crippen LogP contribution is -2.59. The lowest BCUT2D eigenvalue weighted by atomic mass is 9.78. The number of hydrogen-bond acceptors (Lipinski definition) is 6. The zero-order valence-corrected chi connectivity index (χ0v) is 24.0. The second kappa shape index (κ2) is 11.9. The molecule has 204 valence electrons. The normalized spacial score (nSPS) is 51.2. The third-order valence-corrected chi connectivity index (χ3v) is 9.97. The number of Topliss-reactive ketones (excluding diaryl/α,β-unsaturated/α-hetero) is 1. The predicted molar refractivity (Wildman–Crippen MR) is 137 cm³/mol. The minimum atomic E-state index is -0.673. The standard InChI is InChI=1S/C29H52O6/c1-12-23-16(5)14(3)19(8)28(32-23)34-26-18(7)20(9)29(35-27(26)21(10)30)33-25-17(6)15(4)22(11)31-24(25)13-2/h14-20,22-29H,12-13H2,1-11H3/t14-,15?,16-,17+,18-,19?,20?,22?,23?,24?,25+,26-,27?,28+,29+/m0/s1. The van der Waals surface area contributed by atoms with E-state index in [4.69, 9.17) is 23.7 Å². The first-order valence-corrected chi connectivity index (χ1v) is 14.2. The maximum absolute atomic E-state index is 12.8. The van der Waals surface area contributed by atoms with Crippen molar-refractivity contribution in [1.29, 1.82) is 0 Å². The summed E-state index contributed by atoms with van der Waals surface area (Å²) in [4.78, 5) is 12.8. The molecule has 0 bridgehead atoms. The summed E-state index contributed by atoms with van der Waals surface area (Å²) in [6, 6.07) is 0. The lowest BCUT2D eigenvalue weighted by molar-refractivity contribution is -0.333. The maximum Gasteiger partial charge on any atom is 0.162 e. The third-order valence-electron chi connectivity index (χ3n) is 9.97. The summed E-state index contributed by atoms with van der Waals surface area (Å²) in [7, 11) is 0. The van der Waals surface area contributed by atoms with Gasteiger partial charge in [-0.2, -0.15) is 0 Å². The van der Waals surface area contributed by atoms with Crippen LogP contribution in [0.25, 0.3) is 0 Å².